The first-order valence-electron chi connectivity index (χ1n) is 5.79. The molecule has 1 aliphatic heterocycles. The first-order valence-corrected chi connectivity index (χ1v) is 5.79. The van der Waals surface area contributed by atoms with Crippen molar-refractivity contribution >= 4 is 0 Å². The van der Waals surface area contributed by atoms with Gasteiger partial charge in [0.15, 0.2) is 0 Å². The minimum Gasteiger partial charge on any atom is -0.316 e. The highest BCUT2D eigenvalue weighted by Gasteiger charge is 2.55. The van der Waals surface area contributed by atoms with Gasteiger partial charge in [-0.05, 0) is 39.0 Å². The van der Waals surface area contributed by atoms with Gasteiger partial charge in [0.1, 0.15) is 0 Å². The number of rotatable bonds is 3. The summed E-state index contributed by atoms with van der Waals surface area (Å²) in [5.74, 6) is 0. The molecule has 2 fully saturated rings. The van der Waals surface area contributed by atoms with E-state index in [1.165, 1.54) is 25.9 Å². The van der Waals surface area contributed by atoms with Gasteiger partial charge in [-0.25, -0.2) is 0 Å². The van der Waals surface area contributed by atoms with E-state index in [0.29, 0.717) is 17.5 Å². The van der Waals surface area contributed by atoms with Crippen LogP contribution in [0.3, 0.4) is 0 Å². The summed E-state index contributed by atoms with van der Waals surface area (Å²) in [6.07, 6.45) is 2.91. The number of nitrogens with one attached hydrogen (secondary N) is 1. The molecule has 0 aromatic heterocycles. The van der Waals surface area contributed by atoms with Crippen molar-refractivity contribution in [1.82, 2.24) is 10.2 Å². The van der Waals surface area contributed by atoms with E-state index in [-0.39, 0.29) is 6.17 Å². The zero-order chi connectivity index (χ0) is 10.3. The van der Waals surface area contributed by atoms with Crippen LogP contribution >= 0.6 is 0 Å². The van der Waals surface area contributed by atoms with Crippen molar-refractivity contribution in [2.75, 3.05) is 13.1 Å². The minimum absolute atomic E-state index is 0.129. The van der Waals surface area contributed by atoms with Crippen LogP contribution < -0.4 is 11.1 Å². The van der Waals surface area contributed by atoms with E-state index in [1.807, 2.05) is 6.92 Å². The molecule has 3 N–H and O–H groups in total. The van der Waals surface area contributed by atoms with Crippen molar-refractivity contribution in [2.24, 2.45) is 11.1 Å². The summed E-state index contributed by atoms with van der Waals surface area (Å²) in [7, 11) is 0. The van der Waals surface area contributed by atoms with E-state index in [2.05, 4.69) is 24.1 Å². The van der Waals surface area contributed by atoms with Crippen LogP contribution in [0.25, 0.3) is 0 Å². The highest BCUT2D eigenvalue weighted by atomic mass is 15.3. The van der Waals surface area contributed by atoms with Gasteiger partial charge in [-0.15, -0.1) is 0 Å². The summed E-state index contributed by atoms with van der Waals surface area (Å²) in [4.78, 5) is 2.58. The monoisotopic (exact) mass is 197 g/mol. The lowest BCUT2D eigenvalue weighted by Crippen LogP contribution is -2.46. The molecular weight excluding hydrogens is 174 g/mol. The van der Waals surface area contributed by atoms with Gasteiger partial charge in [-0.3, -0.25) is 10.2 Å². The Morgan fingerprint density at radius 1 is 1.36 bits per heavy atom. The van der Waals surface area contributed by atoms with Gasteiger partial charge in [0.05, 0.1) is 6.17 Å². The maximum Gasteiger partial charge on any atom is 0.0519 e. The average Bonchev–Trinajstić information content (AvgIpc) is 2.72. The van der Waals surface area contributed by atoms with Gasteiger partial charge in [0, 0.05) is 25.2 Å². The Hall–Kier alpha value is -0.120. The lowest BCUT2D eigenvalue weighted by molar-refractivity contribution is 0.260. The van der Waals surface area contributed by atoms with E-state index in [1.54, 1.807) is 0 Å². The summed E-state index contributed by atoms with van der Waals surface area (Å²) < 4.78 is 0. The van der Waals surface area contributed by atoms with Crippen molar-refractivity contribution in [3.63, 3.8) is 0 Å². The van der Waals surface area contributed by atoms with Crippen LogP contribution in [-0.2, 0) is 0 Å². The van der Waals surface area contributed by atoms with E-state index in [4.69, 9.17) is 5.73 Å². The lowest BCUT2D eigenvalue weighted by Gasteiger charge is -2.22. The molecule has 1 saturated heterocycles. The van der Waals surface area contributed by atoms with Crippen molar-refractivity contribution in [1.29, 1.82) is 0 Å². The first-order chi connectivity index (χ1) is 6.53. The fourth-order valence-corrected chi connectivity index (χ4v) is 2.61. The smallest absolute Gasteiger partial charge is 0.0519 e. The molecule has 3 heteroatoms. The molecule has 0 amide bonds. The normalized spacial score (nSPS) is 32.8. The fourth-order valence-electron chi connectivity index (χ4n) is 2.61. The molecule has 1 saturated carbocycles. The number of hydrogen-bond donors (Lipinski definition) is 2. The van der Waals surface area contributed by atoms with Crippen LogP contribution in [0.15, 0.2) is 0 Å². The van der Waals surface area contributed by atoms with Crippen LogP contribution in [-0.4, -0.2) is 36.2 Å². The summed E-state index contributed by atoms with van der Waals surface area (Å²) in [5, 5.41) is 3.52. The van der Waals surface area contributed by atoms with Gasteiger partial charge in [0.2, 0.25) is 0 Å². The molecule has 2 unspecified atom stereocenters. The Bertz CT molecular complexity index is 209. The Kier molecular flexibility index (Phi) is 2.58. The summed E-state index contributed by atoms with van der Waals surface area (Å²) in [6, 6.07) is 1.30. The predicted molar refractivity (Wildman–Crippen MR) is 58.9 cm³/mol. The van der Waals surface area contributed by atoms with Crippen molar-refractivity contribution in [3.05, 3.63) is 0 Å². The standard InChI is InChI=1S/C11H23N3/c1-8(2)14-6-10(13-9(3)12)11(7-14)4-5-11/h8-10,13H,4-7,12H2,1-3H3. The Morgan fingerprint density at radius 2 is 2.00 bits per heavy atom. The summed E-state index contributed by atoms with van der Waals surface area (Å²) in [5.41, 5.74) is 6.39. The molecule has 0 aromatic carbocycles. The van der Waals surface area contributed by atoms with Gasteiger partial charge in [-0.1, -0.05) is 0 Å². The number of likely N-dealkylation sites (tertiary alicyclic amines) is 1. The molecule has 1 heterocycles. The molecule has 0 aromatic rings. The van der Waals surface area contributed by atoms with Crippen molar-refractivity contribution < 1.29 is 0 Å². The van der Waals surface area contributed by atoms with Crippen LogP contribution in [0, 0.1) is 5.41 Å². The molecule has 2 aliphatic rings. The van der Waals surface area contributed by atoms with Crippen LogP contribution in [0.1, 0.15) is 33.6 Å². The zero-order valence-corrected chi connectivity index (χ0v) is 9.59. The molecule has 82 valence electrons. The molecular formula is C11H23N3. The quantitative estimate of drug-likeness (QED) is 0.656. The highest BCUT2D eigenvalue weighted by Crippen LogP contribution is 2.53. The number of nitrogens with zero attached hydrogens (tertiary/aromatic N) is 1. The molecule has 1 aliphatic carbocycles. The van der Waals surface area contributed by atoms with Crippen LogP contribution in [0.2, 0.25) is 0 Å². The second-order valence-corrected chi connectivity index (χ2v) is 5.39. The molecule has 1 spiro atoms. The predicted octanol–water partition coefficient (Wildman–Crippen LogP) is 0.754. The van der Waals surface area contributed by atoms with Gasteiger partial charge < -0.3 is 5.73 Å². The number of nitrogens with two attached hydrogens (primary N) is 1. The second-order valence-electron chi connectivity index (χ2n) is 5.39. The number of hydrogen-bond acceptors (Lipinski definition) is 3. The lowest BCUT2D eigenvalue weighted by atomic mass is 10.0. The fraction of sp³-hybridized carbons (Fsp3) is 1.00. The molecule has 0 bridgehead atoms. The second kappa shape index (κ2) is 3.47. The molecule has 2 atom stereocenters. The summed E-state index contributed by atoms with van der Waals surface area (Å²) >= 11 is 0. The maximum atomic E-state index is 5.81. The first kappa shape index (κ1) is 10.4. The van der Waals surface area contributed by atoms with Crippen LogP contribution in [0.4, 0.5) is 0 Å². The van der Waals surface area contributed by atoms with Gasteiger partial charge in [-0.2, -0.15) is 0 Å². The van der Waals surface area contributed by atoms with Crippen molar-refractivity contribution in [2.45, 2.75) is 51.9 Å². The Balaban J connectivity index is 1.97. The van der Waals surface area contributed by atoms with Crippen LogP contribution in [0.5, 0.6) is 0 Å². The zero-order valence-electron chi connectivity index (χ0n) is 9.59. The van der Waals surface area contributed by atoms with Gasteiger partial charge >= 0.3 is 0 Å². The topological polar surface area (TPSA) is 41.3 Å². The maximum absolute atomic E-state index is 5.81. The van der Waals surface area contributed by atoms with Gasteiger partial charge in [0.25, 0.3) is 0 Å². The van der Waals surface area contributed by atoms with Crippen molar-refractivity contribution in [3.8, 4) is 0 Å². The van der Waals surface area contributed by atoms with E-state index >= 15 is 0 Å². The minimum atomic E-state index is 0.129. The van der Waals surface area contributed by atoms with E-state index < -0.39 is 0 Å². The third-order valence-corrected chi connectivity index (χ3v) is 3.76. The molecule has 0 radical (unpaired) electrons. The SMILES string of the molecule is CC(N)NC1CN(C(C)C)CC12CC2. The third kappa shape index (κ3) is 1.81. The largest absolute Gasteiger partial charge is 0.316 e. The highest BCUT2D eigenvalue weighted by molar-refractivity contribution is 5.10. The summed E-state index contributed by atoms with van der Waals surface area (Å²) in [6.45, 7) is 9.05. The Morgan fingerprint density at radius 3 is 2.43 bits per heavy atom. The molecule has 2 rings (SSSR count). The van der Waals surface area contributed by atoms with E-state index in [0.717, 1.165) is 0 Å². The molecule has 3 nitrogen and oxygen atoms in total. The Labute approximate surface area is 87.0 Å². The third-order valence-electron chi connectivity index (χ3n) is 3.76. The molecule has 14 heavy (non-hydrogen) atoms. The average molecular weight is 197 g/mol. The van der Waals surface area contributed by atoms with E-state index in [9.17, 15) is 0 Å².